The van der Waals surface area contributed by atoms with Crippen molar-refractivity contribution < 1.29 is 14.9 Å². The van der Waals surface area contributed by atoms with Gasteiger partial charge in [0.05, 0.1) is 6.10 Å². The molecule has 1 aliphatic rings. The molecule has 3 nitrogen and oxygen atoms in total. The normalized spacial score (nSPS) is 18.9. The van der Waals surface area contributed by atoms with E-state index in [0.717, 1.165) is 41.7 Å². The first-order valence-corrected chi connectivity index (χ1v) is 7.41. The van der Waals surface area contributed by atoms with Crippen LogP contribution in [-0.2, 0) is 6.42 Å². The maximum Gasteiger partial charge on any atom is 0.119 e. The van der Waals surface area contributed by atoms with E-state index in [1.54, 1.807) is 0 Å². The number of hydrogen-bond donors (Lipinski definition) is 2. The van der Waals surface area contributed by atoms with Gasteiger partial charge in [0.1, 0.15) is 18.5 Å². The zero-order chi connectivity index (χ0) is 14.7. The van der Waals surface area contributed by atoms with E-state index < -0.39 is 6.10 Å². The Morgan fingerprint density at radius 2 is 1.95 bits per heavy atom. The van der Waals surface area contributed by atoms with Crippen molar-refractivity contribution in [3.05, 3.63) is 65.2 Å². The van der Waals surface area contributed by atoms with Crippen molar-refractivity contribution in [2.75, 3.05) is 6.61 Å². The Balaban J connectivity index is 1.66. The number of hydrogen-bond acceptors (Lipinski definition) is 3. The Morgan fingerprint density at radius 3 is 2.76 bits per heavy atom. The number of aryl methyl sites for hydroxylation is 1. The first-order chi connectivity index (χ1) is 10.2. The fourth-order valence-corrected chi connectivity index (χ4v) is 2.80. The van der Waals surface area contributed by atoms with Gasteiger partial charge < -0.3 is 14.9 Å². The van der Waals surface area contributed by atoms with Crippen LogP contribution in [0.4, 0.5) is 0 Å². The molecular weight excluding hydrogens is 264 g/mol. The van der Waals surface area contributed by atoms with Gasteiger partial charge in [-0.15, -0.1) is 0 Å². The maximum atomic E-state index is 10.1. The third kappa shape index (κ3) is 3.26. The summed E-state index contributed by atoms with van der Waals surface area (Å²) in [4.78, 5) is 0. The van der Waals surface area contributed by atoms with E-state index in [1.807, 2.05) is 48.5 Å². The molecule has 0 aliphatic heterocycles. The van der Waals surface area contributed by atoms with Crippen LogP contribution in [0.3, 0.4) is 0 Å². The summed E-state index contributed by atoms with van der Waals surface area (Å²) in [5.41, 5.74) is 3.02. The van der Waals surface area contributed by atoms with Crippen LogP contribution < -0.4 is 4.74 Å². The van der Waals surface area contributed by atoms with Gasteiger partial charge in [-0.25, -0.2) is 0 Å². The fourth-order valence-electron chi connectivity index (χ4n) is 2.80. The van der Waals surface area contributed by atoms with E-state index >= 15 is 0 Å². The van der Waals surface area contributed by atoms with E-state index in [1.165, 1.54) is 0 Å². The highest BCUT2D eigenvalue weighted by Gasteiger charge is 2.18. The Hall–Kier alpha value is -1.84. The highest BCUT2D eigenvalue weighted by atomic mass is 16.5. The number of aliphatic hydroxyl groups excluding tert-OH is 2. The lowest BCUT2D eigenvalue weighted by molar-refractivity contribution is 0.108. The van der Waals surface area contributed by atoms with Gasteiger partial charge in [0.15, 0.2) is 0 Å². The van der Waals surface area contributed by atoms with E-state index in [4.69, 9.17) is 4.74 Å². The van der Waals surface area contributed by atoms with Crippen molar-refractivity contribution in [2.24, 2.45) is 0 Å². The number of aliphatic hydroxyl groups is 2. The molecule has 0 fully saturated rings. The van der Waals surface area contributed by atoms with Gasteiger partial charge in [-0.1, -0.05) is 36.4 Å². The van der Waals surface area contributed by atoms with Crippen LogP contribution in [0.25, 0.3) is 0 Å². The molecule has 2 aromatic carbocycles. The molecule has 0 amide bonds. The summed E-state index contributed by atoms with van der Waals surface area (Å²) in [7, 11) is 0. The largest absolute Gasteiger partial charge is 0.491 e. The Morgan fingerprint density at radius 1 is 1.14 bits per heavy atom. The minimum absolute atomic E-state index is 0.228. The summed E-state index contributed by atoms with van der Waals surface area (Å²) in [6.07, 6.45) is 1.83. The minimum Gasteiger partial charge on any atom is -0.491 e. The molecule has 1 aliphatic carbocycles. The van der Waals surface area contributed by atoms with Crippen molar-refractivity contribution >= 4 is 0 Å². The topological polar surface area (TPSA) is 49.7 Å². The molecule has 21 heavy (non-hydrogen) atoms. The second kappa shape index (κ2) is 6.29. The first kappa shape index (κ1) is 14.1. The van der Waals surface area contributed by atoms with Crippen LogP contribution in [0.2, 0.25) is 0 Å². The Labute approximate surface area is 124 Å². The smallest absolute Gasteiger partial charge is 0.119 e. The molecule has 2 N–H and O–H groups in total. The fraction of sp³-hybridized carbons (Fsp3) is 0.333. The second-order valence-corrected chi connectivity index (χ2v) is 5.51. The van der Waals surface area contributed by atoms with Crippen LogP contribution in [0, 0.1) is 0 Å². The van der Waals surface area contributed by atoms with Crippen molar-refractivity contribution in [1.29, 1.82) is 0 Å². The maximum absolute atomic E-state index is 10.1. The monoisotopic (exact) mass is 284 g/mol. The second-order valence-electron chi connectivity index (χ2n) is 5.51. The molecule has 0 heterocycles. The molecule has 0 saturated heterocycles. The summed E-state index contributed by atoms with van der Waals surface area (Å²) in [6, 6.07) is 15.3. The summed E-state index contributed by atoms with van der Waals surface area (Å²) < 4.78 is 5.69. The molecule has 110 valence electrons. The van der Waals surface area contributed by atoms with Crippen LogP contribution in [0.5, 0.6) is 5.75 Å². The molecule has 2 atom stereocenters. The number of rotatable bonds is 4. The van der Waals surface area contributed by atoms with Gasteiger partial charge in [-0.2, -0.15) is 0 Å². The third-order valence-electron chi connectivity index (χ3n) is 3.99. The average Bonchev–Trinajstić information content (AvgIpc) is 2.53. The van der Waals surface area contributed by atoms with Crippen LogP contribution in [-0.4, -0.2) is 16.8 Å². The quantitative estimate of drug-likeness (QED) is 0.906. The first-order valence-electron chi connectivity index (χ1n) is 7.41. The molecule has 0 spiro atoms. The van der Waals surface area contributed by atoms with Crippen molar-refractivity contribution in [1.82, 2.24) is 0 Å². The summed E-state index contributed by atoms with van der Waals surface area (Å²) in [5, 5.41) is 20.0. The lowest BCUT2D eigenvalue weighted by atomic mass is 9.89. The van der Waals surface area contributed by atoms with E-state index in [9.17, 15) is 10.2 Å². The molecule has 3 rings (SSSR count). The molecule has 0 radical (unpaired) electrons. The Bertz CT molecular complexity index is 595. The van der Waals surface area contributed by atoms with E-state index in [-0.39, 0.29) is 12.7 Å². The highest BCUT2D eigenvalue weighted by Crippen LogP contribution is 2.32. The van der Waals surface area contributed by atoms with Gasteiger partial charge in [0.2, 0.25) is 0 Å². The molecule has 0 saturated carbocycles. The molecule has 2 aromatic rings. The zero-order valence-electron chi connectivity index (χ0n) is 11.9. The lowest BCUT2D eigenvalue weighted by Crippen LogP contribution is -2.12. The van der Waals surface area contributed by atoms with Crippen molar-refractivity contribution in [2.45, 2.75) is 31.5 Å². The zero-order valence-corrected chi connectivity index (χ0v) is 11.9. The van der Waals surface area contributed by atoms with Crippen LogP contribution in [0.1, 0.15) is 41.7 Å². The summed E-state index contributed by atoms with van der Waals surface area (Å²) in [6.45, 7) is 0.228. The van der Waals surface area contributed by atoms with E-state index in [2.05, 4.69) is 0 Å². The predicted octanol–water partition coefficient (Wildman–Crippen LogP) is 3.17. The Kier molecular flexibility index (Phi) is 4.23. The molecule has 2 unspecified atom stereocenters. The van der Waals surface area contributed by atoms with Gasteiger partial charge in [0.25, 0.3) is 0 Å². The molecular formula is C18H20O3. The molecule has 0 bridgehead atoms. The van der Waals surface area contributed by atoms with Crippen molar-refractivity contribution in [3.8, 4) is 5.75 Å². The predicted molar refractivity (Wildman–Crippen MR) is 81.2 cm³/mol. The lowest BCUT2D eigenvalue weighted by Gasteiger charge is -2.22. The van der Waals surface area contributed by atoms with Gasteiger partial charge in [-0.05, 0) is 48.1 Å². The van der Waals surface area contributed by atoms with Crippen LogP contribution >= 0.6 is 0 Å². The SMILES string of the molecule is OC(COc1ccc2c(c1)CCCC2O)c1ccccc1. The average molecular weight is 284 g/mol. The van der Waals surface area contributed by atoms with Gasteiger partial charge in [-0.3, -0.25) is 0 Å². The molecule has 0 aromatic heterocycles. The summed E-state index contributed by atoms with van der Waals surface area (Å²) >= 11 is 0. The highest BCUT2D eigenvalue weighted by molar-refractivity contribution is 5.38. The number of fused-ring (bicyclic) bond motifs is 1. The molecule has 3 heteroatoms. The van der Waals surface area contributed by atoms with E-state index in [0.29, 0.717) is 0 Å². The minimum atomic E-state index is -0.632. The number of ether oxygens (including phenoxy) is 1. The summed E-state index contributed by atoms with van der Waals surface area (Å²) in [5.74, 6) is 0.748. The van der Waals surface area contributed by atoms with Gasteiger partial charge in [0, 0.05) is 0 Å². The number of benzene rings is 2. The van der Waals surface area contributed by atoms with Crippen molar-refractivity contribution in [3.63, 3.8) is 0 Å². The van der Waals surface area contributed by atoms with Gasteiger partial charge >= 0.3 is 0 Å². The standard InChI is InChI=1S/C18H20O3/c19-17-8-4-7-14-11-15(9-10-16(14)17)21-12-18(20)13-5-2-1-3-6-13/h1-3,5-6,9-11,17-20H,4,7-8,12H2. The third-order valence-corrected chi connectivity index (χ3v) is 3.99. The van der Waals surface area contributed by atoms with Crippen LogP contribution in [0.15, 0.2) is 48.5 Å².